The van der Waals surface area contributed by atoms with Gasteiger partial charge in [-0.15, -0.1) is 0 Å². The van der Waals surface area contributed by atoms with Gasteiger partial charge in [0, 0.05) is 12.1 Å². The van der Waals surface area contributed by atoms with E-state index in [1.165, 1.54) is 0 Å². The van der Waals surface area contributed by atoms with Crippen LogP contribution in [0.2, 0.25) is 0 Å². The third-order valence-electron chi connectivity index (χ3n) is 4.14. The van der Waals surface area contributed by atoms with Crippen molar-refractivity contribution in [2.75, 3.05) is 14.1 Å². The molecule has 4 atom stereocenters. The molecular weight excluding hydrogens is 430 g/mol. The van der Waals surface area contributed by atoms with Crippen molar-refractivity contribution in [1.82, 2.24) is 10.6 Å². The molecule has 0 aliphatic heterocycles. The Hall–Kier alpha value is -0.634. The van der Waals surface area contributed by atoms with Crippen LogP contribution in [0.5, 0.6) is 0 Å². The Labute approximate surface area is 177 Å². The molecule has 7 heteroatoms. The van der Waals surface area contributed by atoms with Crippen LogP contribution in [-0.4, -0.2) is 36.4 Å². The number of hydrogen-bond acceptors (Lipinski definition) is 4. The Kier molecular flexibility index (Phi) is 15.9. The zero-order chi connectivity index (χ0) is 20.7. The SMILES string of the molecule is CN[C@@H](C)[C@H](O)c1ccccc1.CN[C@@H](C)[C@H](O)c1ccccc1.[Cl][Co][Cl]. The molecule has 0 aliphatic carbocycles. The average Bonchev–Trinajstić information content (AvgIpc) is 2.73. The maximum absolute atomic E-state index is 9.73. The topological polar surface area (TPSA) is 64.5 Å². The average molecular weight is 460 g/mol. The number of aliphatic hydroxyl groups excluding tert-OH is 2. The summed E-state index contributed by atoms with van der Waals surface area (Å²) >= 11 is 0.382. The molecule has 0 amide bonds. The Morgan fingerprint density at radius 2 is 0.963 bits per heavy atom. The van der Waals surface area contributed by atoms with Crippen molar-refractivity contribution in [2.24, 2.45) is 0 Å². The Bertz CT molecular complexity index is 527. The van der Waals surface area contributed by atoms with Gasteiger partial charge in [-0.25, -0.2) is 0 Å². The van der Waals surface area contributed by atoms with Crippen molar-refractivity contribution in [2.45, 2.75) is 38.1 Å². The van der Waals surface area contributed by atoms with E-state index in [0.29, 0.717) is 12.9 Å². The van der Waals surface area contributed by atoms with Gasteiger partial charge in [-0.2, -0.15) is 0 Å². The molecule has 4 N–H and O–H groups in total. The van der Waals surface area contributed by atoms with E-state index in [0.717, 1.165) is 11.1 Å². The van der Waals surface area contributed by atoms with Crippen molar-refractivity contribution in [3.63, 3.8) is 0 Å². The van der Waals surface area contributed by atoms with Gasteiger partial charge in [-0.1, -0.05) is 60.7 Å². The monoisotopic (exact) mass is 459 g/mol. The van der Waals surface area contributed by atoms with E-state index in [2.05, 4.69) is 10.6 Å². The van der Waals surface area contributed by atoms with Gasteiger partial charge in [0.15, 0.2) is 0 Å². The van der Waals surface area contributed by atoms with E-state index in [-0.39, 0.29) is 12.1 Å². The van der Waals surface area contributed by atoms with Crippen molar-refractivity contribution in [1.29, 1.82) is 0 Å². The quantitative estimate of drug-likeness (QED) is 0.526. The fourth-order valence-electron chi connectivity index (χ4n) is 2.19. The Morgan fingerprint density at radius 1 is 0.704 bits per heavy atom. The van der Waals surface area contributed by atoms with Gasteiger partial charge in [0.1, 0.15) is 0 Å². The number of aliphatic hydroxyl groups is 2. The zero-order valence-corrected chi connectivity index (χ0v) is 18.6. The molecule has 0 saturated carbocycles. The molecule has 0 bridgehead atoms. The summed E-state index contributed by atoms with van der Waals surface area (Å²) in [7, 11) is 13.2. The fourth-order valence-corrected chi connectivity index (χ4v) is 2.19. The summed E-state index contributed by atoms with van der Waals surface area (Å²) < 4.78 is 0. The van der Waals surface area contributed by atoms with E-state index in [1.807, 2.05) is 88.6 Å². The first-order valence-corrected chi connectivity index (χ1v) is 11.4. The van der Waals surface area contributed by atoms with Crippen LogP contribution in [0.15, 0.2) is 60.7 Å². The summed E-state index contributed by atoms with van der Waals surface area (Å²) in [6.45, 7) is 3.91. The van der Waals surface area contributed by atoms with Crippen molar-refractivity contribution in [3.8, 4) is 0 Å². The predicted octanol–water partition coefficient (Wildman–Crippen LogP) is 4.03. The molecule has 0 fully saturated rings. The molecular formula is C20H30Cl2CoN2O2. The molecule has 0 radical (unpaired) electrons. The number of rotatable bonds is 6. The fraction of sp³-hybridized carbons (Fsp3) is 0.400. The summed E-state index contributed by atoms with van der Waals surface area (Å²) in [5.74, 6) is 0. The van der Waals surface area contributed by atoms with Gasteiger partial charge in [-0.05, 0) is 39.1 Å². The molecule has 2 aromatic rings. The minimum absolute atomic E-state index is 0.0902. The van der Waals surface area contributed by atoms with Gasteiger partial charge >= 0.3 is 33.2 Å². The summed E-state index contributed by atoms with van der Waals surface area (Å²) in [4.78, 5) is 0. The summed E-state index contributed by atoms with van der Waals surface area (Å²) in [5.41, 5.74) is 1.92. The maximum atomic E-state index is 9.73. The standard InChI is InChI=1S/2C10H15NO.2ClH.Co/c2*1-8(11-2)10(12)9-6-4-3-5-7-9;;;/h2*3-8,10-12H,1-2H3;2*1H;/q;;;;+2/p-2/t2*8-,10-;;;/m00.../s1. The van der Waals surface area contributed by atoms with Crippen molar-refractivity contribution >= 4 is 20.3 Å². The van der Waals surface area contributed by atoms with E-state index in [4.69, 9.17) is 20.3 Å². The first-order chi connectivity index (χ1) is 12.9. The molecule has 2 aromatic carbocycles. The molecule has 2 rings (SSSR count). The third-order valence-corrected chi connectivity index (χ3v) is 4.14. The molecule has 155 valence electrons. The minimum atomic E-state index is -0.420. The molecule has 0 saturated heterocycles. The molecule has 27 heavy (non-hydrogen) atoms. The number of halogens is 2. The zero-order valence-electron chi connectivity index (χ0n) is 16.1. The molecule has 4 nitrogen and oxygen atoms in total. The molecule has 0 unspecified atom stereocenters. The van der Waals surface area contributed by atoms with Crippen molar-refractivity contribution < 1.29 is 23.1 Å². The summed E-state index contributed by atoms with van der Waals surface area (Å²) in [6, 6.07) is 19.5. The number of nitrogens with one attached hydrogen (secondary N) is 2. The molecule has 0 heterocycles. The van der Waals surface area contributed by atoms with Crippen LogP contribution in [-0.2, 0) is 12.9 Å². The van der Waals surface area contributed by atoms with Crippen LogP contribution in [0.1, 0.15) is 37.2 Å². The van der Waals surface area contributed by atoms with Crippen LogP contribution in [0.4, 0.5) is 0 Å². The number of hydrogen-bond donors (Lipinski definition) is 4. The predicted molar refractivity (Wildman–Crippen MR) is 112 cm³/mol. The second-order valence-electron chi connectivity index (χ2n) is 5.91. The van der Waals surface area contributed by atoms with Gasteiger partial charge in [-0.3, -0.25) is 0 Å². The van der Waals surface area contributed by atoms with Crippen LogP contribution in [0.3, 0.4) is 0 Å². The second kappa shape index (κ2) is 16.3. The normalized spacial score (nSPS) is 14.7. The first kappa shape index (κ1) is 26.4. The number of likely N-dealkylation sites (N-methyl/N-ethyl adjacent to an activating group) is 2. The number of benzene rings is 2. The van der Waals surface area contributed by atoms with Crippen LogP contribution < -0.4 is 10.6 Å². The van der Waals surface area contributed by atoms with E-state index < -0.39 is 12.2 Å². The summed E-state index contributed by atoms with van der Waals surface area (Å²) in [5, 5.41) is 25.5. The third kappa shape index (κ3) is 11.1. The summed E-state index contributed by atoms with van der Waals surface area (Å²) in [6.07, 6.45) is -0.840. The Balaban J connectivity index is 0.000000438. The van der Waals surface area contributed by atoms with Crippen LogP contribution in [0.25, 0.3) is 0 Å². The van der Waals surface area contributed by atoms with Crippen molar-refractivity contribution in [3.05, 3.63) is 71.8 Å². The van der Waals surface area contributed by atoms with Crippen LogP contribution in [0, 0.1) is 0 Å². The van der Waals surface area contributed by atoms with E-state index in [9.17, 15) is 10.2 Å². The molecule has 0 aromatic heterocycles. The second-order valence-corrected chi connectivity index (χ2v) is 7.63. The Morgan fingerprint density at radius 3 is 1.19 bits per heavy atom. The van der Waals surface area contributed by atoms with E-state index >= 15 is 0 Å². The van der Waals surface area contributed by atoms with Crippen LogP contribution >= 0.6 is 20.3 Å². The first-order valence-electron chi connectivity index (χ1n) is 8.57. The van der Waals surface area contributed by atoms with E-state index in [1.54, 1.807) is 0 Å². The van der Waals surface area contributed by atoms with Gasteiger partial charge in [0.05, 0.1) is 12.2 Å². The molecule has 0 spiro atoms. The van der Waals surface area contributed by atoms with Gasteiger partial charge in [0.25, 0.3) is 0 Å². The van der Waals surface area contributed by atoms with Gasteiger partial charge in [0.2, 0.25) is 0 Å². The molecule has 0 aliphatic rings. The van der Waals surface area contributed by atoms with Gasteiger partial charge < -0.3 is 20.8 Å².